The number of alkyl carbamates (subject to hydrolysis) is 1. The van der Waals surface area contributed by atoms with E-state index in [1.165, 1.54) is 15.9 Å². The number of nitrogens with zero attached hydrogens (tertiary/aromatic N) is 2. The van der Waals surface area contributed by atoms with Gasteiger partial charge in [-0.05, 0) is 70.9 Å². The molecule has 5 atom stereocenters. The van der Waals surface area contributed by atoms with E-state index in [0.717, 1.165) is 6.42 Å². The van der Waals surface area contributed by atoms with E-state index < -0.39 is 81.2 Å². The van der Waals surface area contributed by atoms with Crippen LogP contribution in [0.3, 0.4) is 0 Å². The van der Waals surface area contributed by atoms with Crippen LogP contribution in [0.2, 0.25) is 0 Å². The first kappa shape index (κ1) is 37.5. The molecule has 1 saturated heterocycles. The zero-order chi connectivity index (χ0) is 37.4. The third-order valence-corrected chi connectivity index (χ3v) is 11.0. The van der Waals surface area contributed by atoms with Crippen molar-refractivity contribution in [1.29, 1.82) is 0 Å². The highest BCUT2D eigenvalue weighted by atomic mass is 32.2. The zero-order valence-electron chi connectivity index (χ0n) is 29.6. The molecule has 17 heteroatoms. The van der Waals surface area contributed by atoms with Crippen molar-refractivity contribution in [3.8, 4) is 0 Å². The van der Waals surface area contributed by atoms with Crippen molar-refractivity contribution in [2.24, 2.45) is 5.92 Å². The second-order valence-electron chi connectivity index (χ2n) is 15.3. The molecule has 284 valence electrons. The lowest BCUT2D eigenvalue weighted by Crippen LogP contribution is -2.59. The predicted molar refractivity (Wildman–Crippen MR) is 184 cm³/mol. The number of hydrogen-bond donors (Lipinski definition) is 4. The van der Waals surface area contributed by atoms with E-state index in [9.17, 15) is 36.8 Å². The maximum Gasteiger partial charge on any atom is 0.410 e. The number of hydrogen-bond acceptors (Lipinski definition) is 9. The van der Waals surface area contributed by atoms with E-state index in [1.54, 1.807) is 39.0 Å². The van der Waals surface area contributed by atoms with Crippen LogP contribution in [-0.4, -0.2) is 90.0 Å². The van der Waals surface area contributed by atoms with Crippen molar-refractivity contribution in [3.05, 3.63) is 47.3 Å². The first-order chi connectivity index (χ1) is 24.5. The third kappa shape index (κ3) is 8.85. The van der Waals surface area contributed by atoms with Gasteiger partial charge in [0.1, 0.15) is 35.1 Å². The normalized spacial score (nSPS) is 28.0. The number of ether oxygens (including phenoxy) is 2. The summed E-state index contributed by atoms with van der Waals surface area (Å²) in [7, 11) is -4.20. The zero-order valence-corrected chi connectivity index (χ0v) is 30.4. The van der Waals surface area contributed by atoms with E-state index >= 15 is 0 Å². The lowest BCUT2D eigenvalue weighted by atomic mass is 10.0. The number of allylic oxidation sites excluding steroid dienone is 1. The standard InChI is InChI=1S/C35H47FN6O9S/c1-34(2,3)51-32(46)37-27-13-8-6-4-5-7-11-22-17-35(22,31(45)40-52(48,49)39-23-14-15-23)38-29(43)28-16-24(19-42(28)30(27)44)50-33(47)41-18-21-10-9-12-26(36)25(21)20-41/h7,9-12,22-24,27-28,39H,4-6,8,13-20H2,1-3H3,(H,37,46)(H,38,43)(H,40,45)/t22-,24-,27+,28?,35-/m1/s1. The number of carbonyl (C=O) groups excluding carboxylic acids is 5. The predicted octanol–water partition coefficient (Wildman–Crippen LogP) is 2.65. The van der Waals surface area contributed by atoms with Crippen LogP contribution in [0, 0.1) is 11.7 Å². The molecule has 2 aliphatic carbocycles. The molecule has 0 spiro atoms. The van der Waals surface area contributed by atoms with Gasteiger partial charge < -0.3 is 25.0 Å². The second kappa shape index (κ2) is 14.6. The molecular formula is C35H47FN6O9S. The van der Waals surface area contributed by atoms with E-state index in [0.29, 0.717) is 43.2 Å². The summed E-state index contributed by atoms with van der Waals surface area (Å²) in [6.45, 7) is 4.99. The summed E-state index contributed by atoms with van der Waals surface area (Å²) in [5.74, 6) is -3.19. The van der Waals surface area contributed by atoms with Crippen molar-refractivity contribution in [2.75, 3.05) is 6.54 Å². The molecule has 1 aromatic rings. The number of benzene rings is 1. The van der Waals surface area contributed by atoms with Gasteiger partial charge in [0, 0.05) is 30.5 Å². The average molecular weight is 747 g/mol. The summed E-state index contributed by atoms with van der Waals surface area (Å²) in [5, 5.41) is 5.42. The van der Waals surface area contributed by atoms with Crippen LogP contribution in [0.15, 0.2) is 30.4 Å². The molecule has 0 aromatic heterocycles. The summed E-state index contributed by atoms with van der Waals surface area (Å²) >= 11 is 0. The lowest BCUT2D eigenvalue weighted by Gasteiger charge is -2.30. The van der Waals surface area contributed by atoms with Gasteiger partial charge in [0.25, 0.3) is 5.91 Å². The maximum absolute atomic E-state index is 14.4. The van der Waals surface area contributed by atoms with Crippen molar-refractivity contribution >= 4 is 40.1 Å². The Morgan fingerprint density at radius 3 is 2.54 bits per heavy atom. The number of amides is 5. The van der Waals surface area contributed by atoms with Crippen LogP contribution in [0.4, 0.5) is 14.0 Å². The Morgan fingerprint density at radius 2 is 1.83 bits per heavy atom. The Morgan fingerprint density at radius 1 is 1.06 bits per heavy atom. The van der Waals surface area contributed by atoms with Crippen LogP contribution in [0.25, 0.3) is 0 Å². The van der Waals surface area contributed by atoms with Gasteiger partial charge in [0.15, 0.2) is 0 Å². The average Bonchev–Trinajstić information content (AvgIpc) is 3.88. The first-order valence-corrected chi connectivity index (χ1v) is 19.4. The van der Waals surface area contributed by atoms with Crippen molar-refractivity contribution in [3.63, 3.8) is 0 Å². The molecule has 4 N–H and O–H groups in total. The lowest BCUT2D eigenvalue weighted by molar-refractivity contribution is -0.141. The van der Waals surface area contributed by atoms with Gasteiger partial charge in [0.05, 0.1) is 13.1 Å². The third-order valence-electron chi connectivity index (χ3n) is 9.91. The smallest absolute Gasteiger partial charge is 0.410 e. The summed E-state index contributed by atoms with van der Waals surface area (Å²) in [6, 6.07) is 2.01. The fraction of sp³-hybridized carbons (Fsp3) is 0.629. The van der Waals surface area contributed by atoms with E-state index in [2.05, 4.69) is 20.1 Å². The minimum atomic E-state index is -4.20. The van der Waals surface area contributed by atoms with Crippen molar-refractivity contribution in [1.82, 2.24) is 29.9 Å². The quantitative estimate of drug-likeness (QED) is 0.317. The molecule has 1 aromatic carbocycles. The fourth-order valence-corrected chi connectivity index (χ4v) is 8.17. The van der Waals surface area contributed by atoms with Gasteiger partial charge in [-0.1, -0.05) is 37.1 Å². The monoisotopic (exact) mass is 746 g/mol. The molecule has 52 heavy (non-hydrogen) atoms. The molecule has 3 heterocycles. The highest BCUT2D eigenvalue weighted by molar-refractivity contribution is 7.88. The van der Waals surface area contributed by atoms with Gasteiger partial charge >= 0.3 is 22.4 Å². The maximum atomic E-state index is 14.4. The Bertz CT molecular complexity index is 1750. The summed E-state index contributed by atoms with van der Waals surface area (Å²) in [4.78, 5) is 70.9. The van der Waals surface area contributed by atoms with Gasteiger partial charge in [-0.25, -0.2) is 18.7 Å². The van der Waals surface area contributed by atoms with Crippen LogP contribution in [-0.2, 0) is 47.2 Å². The first-order valence-electron chi connectivity index (χ1n) is 17.9. The molecule has 6 rings (SSSR count). The number of halogens is 1. The van der Waals surface area contributed by atoms with Gasteiger partial charge in [-0.3, -0.25) is 19.3 Å². The van der Waals surface area contributed by atoms with E-state index in [-0.39, 0.29) is 44.9 Å². The van der Waals surface area contributed by atoms with Crippen molar-refractivity contribution < 1.29 is 46.3 Å². The Kier molecular flexibility index (Phi) is 10.6. The van der Waals surface area contributed by atoms with E-state index in [4.69, 9.17) is 9.47 Å². The molecule has 0 bridgehead atoms. The molecule has 0 radical (unpaired) electrons. The van der Waals surface area contributed by atoms with Gasteiger partial charge in [-0.15, -0.1) is 0 Å². The molecule has 15 nitrogen and oxygen atoms in total. The molecule has 1 unspecified atom stereocenters. The largest absolute Gasteiger partial charge is 0.444 e. The molecule has 3 aliphatic heterocycles. The van der Waals surface area contributed by atoms with Crippen molar-refractivity contribution in [2.45, 2.75) is 127 Å². The molecule has 2 saturated carbocycles. The topological polar surface area (TPSA) is 193 Å². The van der Waals surface area contributed by atoms with Crippen LogP contribution < -0.4 is 20.1 Å². The highest BCUT2D eigenvalue weighted by Crippen LogP contribution is 2.46. The number of carbonyl (C=O) groups is 5. The summed E-state index contributed by atoms with van der Waals surface area (Å²) < 4.78 is 55.5. The van der Waals surface area contributed by atoms with Crippen LogP contribution >= 0.6 is 0 Å². The van der Waals surface area contributed by atoms with Gasteiger partial charge in [-0.2, -0.15) is 13.1 Å². The molecule has 5 amide bonds. The molecular weight excluding hydrogens is 699 g/mol. The van der Waals surface area contributed by atoms with Crippen LogP contribution in [0.1, 0.15) is 89.7 Å². The van der Waals surface area contributed by atoms with E-state index in [1.807, 2.05) is 6.08 Å². The minimum Gasteiger partial charge on any atom is -0.444 e. The molecule has 5 aliphatic rings. The second-order valence-corrected chi connectivity index (χ2v) is 16.8. The number of fused-ring (bicyclic) bond motifs is 3. The van der Waals surface area contributed by atoms with Gasteiger partial charge in [0.2, 0.25) is 11.8 Å². The molecule has 3 fully saturated rings. The minimum absolute atomic E-state index is 0.00689. The Hall–Kier alpha value is -4.25. The summed E-state index contributed by atoms with van der Waals surface area (Å²) in [5.41, 5.74) is -1.41. The van der Waals surface area contributed by atoms with Crippen LogP contribution in [0.5, 0.6) is 0 Å². The Balaban J connectivity index is 1.24. The Labute approximate surface area is 302 Å². The number of rotatable bonds is 6. The summed E-state index contributed by atoms with van der Waals surface area (Å²) in [6.07, 6.45) is 5.39. The fourth-order valence-electron chi connectivity index (χ4n) is 7.01. The number of nitrogens with one attached hydrogen (secondary N) is 4. The SMILES string of the molecule is CC(C)(C)OC(=O)N[C@H]1CCCCCC=C[C@@H]2C[C@@]2(C(=O)NS(=O)(=O)NC2CC2)NC(=O)C2C[C@@H](OC(=O)N3Cc4cccc(F)c4C3)CN2C1=O. The highest BCUT2D eigenvalue weighted by Gasteiger charge is 2.62.